The Hall–Kier alpha value is -2.34. The summed E-state index contributed by atoms with van der Waals surface area (Å²) >= 11 is 0. The lowest BCUT2D eigenvalue weighted by atomic mass is 9.87. The Morgan fingerprint density at radius 2 is 1.67 bits per heavy atom. The third kappa shape index (κ3) is 4.10. The number of rotatable bonds is 4. The van der Waals surface area contributed by atoms with Crippen LogP contribution in [0.15, 0.2) is 36.4 Å². The van der Waals surface area contributed by atoms with Crippen LogP contribution in [0.1, 0.15) is 41.0 Å². The van der Waals surface area contributed by atoms with Gasteiger partial charge in [-0.2, -0.15) is 0 Å². The van der Waals surface area contributed by atoms with Crippen LogP contribution in [0, 0.1) is 25.5 Å². The van der Waals surface area contributed by atoms with E-state index >= 15 is 0 Å². The Morgan fingerprint density at radius 3 is 2.33 bits per heavy atom. The molecule has 3 atom stereocenters. The number of benzene rings is 2. The molecule has 160 valence electrons. The predicted octanol–water partition coefficient (Wildman–Crippen LogP) is 4.51. The number of carbonyl (C=O) groups is 1. The summed E-state index contributed by atoms with van der Waals surface area (Å²) in [7, 11) is 0. The summed E-state index contributed by atoms with van der Waals surface area (Å²) in [6, 6.07) is 9.61. The molecule has 2 aliphatic heterocycles. The minimum atomic E-state index is -1.14. The van der Waals surface area contributed by atoms with Crippen LogP contribution in [0.3, 0.4) is 0 Å². The lowest BCUT2D eigenvalue weighted by Crippen LogP contribution is -2.49. The van der Waals surface area contributed by atoms with Gasteiger partial charge in [0.1, 0.15) is 17.8 Å². The molecule has 2 aliphatic rings. The third-order valence-corrected chi connectivity index (χ3v) is 6.52. The largest absolute Gasteiger partial charge is 0.337 e. The van der Waals surface area contributed by atoms with Crippen LogP contribution in [-0.4, -0.2) is 47.6 Å². The molecule has 6 heteroatoms. The first-order valence-corrected chi connectivity index (χ1v) is 10.5. The zero-order valence-electron chi connectivity index (χ0n) is 17.4. The van der Waals surface area contributed by atoms with Crippen LogP contribution in [0.25, 0.3) is 0 Å². The molecule has 30 heavy (non-hydrogen) atoms. The monoisotopic (exact) mass is 416 g/mol. The maximum absolute atomic E-state index is 15.0. The number of nitrogens with zero attached hydrogens (tertiary/aromatic N) is 2. The van der Waals surface area contributed by atoms with Crippen molar-refractivity contribution in [2.45, 2.75) is 51.4 Å². The van der Waals surface area contributed by atoms with Gasteiger partial charge in [0.2, 0.25) is 5.91 Å². The van der Waals surface area contributed by atoms with Crippen LogP contribution in [0.4, 0.5) is 13.2 Å². The van der Waals surface area contributed by atoms with Crippen molar-refractivity contribution in [3.63, 3.8) is 0 Å². The fraction of sp³-hybridized carbons (Fsp3) is 0.458. The van der Waals surface area contributed by atoms with E-state index in [-0.39, 0.29) is 36.0 Å². The number of likely N-dealkylation sites (tertiary alicyclic amines) is 2. The van der Waals surface area contributed by atoms with Crippen molar-refractivity contribution in [1.29, 1.82) is 0 Å². The second kappa shape index (κ2) is 8.42. The van der Waals surface area contributed by atoms with Gasteiger partial charge in [0.05, 0.1) is 6.04 Å². The highest BCUT2D eigenvalue weighted by Gasteiger charge is 2.40. The van der Waals surface area contributed by atoms with E-state index in [0.717, 1.165) is 5.56 Å². The Balaban J connectivity index is 1.39. The van der Waals surface area contributed by atoms with Gasteiger partial charge in [0.15, 0.2) is 0 Å². The number of piperidine rings is 1. The van der Waals surface area contributed by atoms with Gasteiger partial charge in [-0.25, -0.2) is 13.2 Å². The van der Waals surface area contributed by atoms with Crippen LogP contribution < -0.4 is 0 Å². The molecule has 0 N–H and O–H groups in total. The van der Waals surface area contributed by atoms with E-state index in [0.29, 0.717) is 49.2 Å². The van der Waals surface area contributed by atoms with Gasteiger partial charge in [0.25, 0.3) is 0 Å². The quantitative estimate of drug-likeness (QED) is 0.732. The Morgan fingerprint density at radius 1 is 0.967 bits per heavy atom. The highest BCUT2D eigenvalue weighted by molar-refractivity contribution is 5.84. The van der Waals surface area contributed by atoms with E-state index in [2.05, 4.69) is 0 Å². The first kappa shape index (κ1) is 20.9. The van der Waals surface area contributed by atoms with Crippen LogP contribution >= 0.6 is 0 Å². The predicted molar refractivity (Wildman–Crippen MR) is 110 cm³/mol. The number of halogens is 3. The summed E-state index contributed by atoms with van der Waals surface area (Å²) < 4.78 is 42.7. The molecule has 0 spiro atoms. The minimum absolute atomic E-state index is 0.0250. The van der Waals surface area contributed by atoms with Gasteiger partial charge in [-0.3, -0.25) is 9.69 Å². The number of alkyl halides is 1. The van der Waals surface area contributed by atoms with Crippen LogP contribution in [0.2, 0.25) is 0 Å². The molecule has 0 radical (unpaired) electrons. The lowest BCUT2D eigenvalue weighted by Gasteiger charge is -2.37. The Kier molecular flexibility index (Phi) is 5.87. The average molecular weight is 416 g/mol. The summed E-state index contributed by atoms with van der Waals surface area (Å²) in [5.41, 5.74) is 2.58. The van der Waals surface area contributed by atoms with Crippen LogP contribution in [-0.2, 0) is 11.3 Å². The normalized spacial score (nSPS) is 25.2. The number of hydrogen-bond acceptors (Lipinski definition) is 2. The molecule has 3 nitrogen and oxygen atoms in total. The van der Waals surface area contributed by atoms with E-state index < -0.39 is 6.17 Å². The van der Waals surface area contributed by atoms with E-state index in [1.165, 1.54) is 12.1 Å². The smallest absolute Gasteiger partial charge is 0.240 e. The fourth-order valence-corrected chi connectivity index (χ4v) is 4.60. The van der Waals surface area contributed by atoms with E-state index in [1.54, 1.807) is 36.9 Å². The molecule has 0 aliphatic carbocycles. The van der Waals surface area contributed by atoms with Gasteiger partial charge in [0, 0.05) is 25.6 Å². The van der Waals surface area contributed by atoms with Crippen molar-refractivity contribution in [3.8, 4) is 0 Å². The molecule has 0 aromatic heterocycles. The zero-order valence-corrected chi connectivity index (χ0v) is 17.4. The van der Waals surface area contributed by atoms with Crippen LogP contribution in [0.5, 0.6) is 0 Å². The van der Waals surface area contributed by atoms with Crippen molar-refractivity contribution >= 4 is 5.91 Å². The molecule has 2 aromatic rings. The van der Waals surface area contributed by atoms with Crippen molar-refractivity contribution < 1.29 is 18.0 Å². The molecule has 2 fully saturated rings. The molecule has 0 unspecified atom stereocenters. The Bertz CT molecular complexity index is 948. The maximum Gasteiger partial charge on any atom is 0.240 e. The van der Waals surface area contributed by atoms with Gasteiger partial charge < -0.3 is 4.90 Å². The second-order valence-electron chi connectivity index (χ2n) is 8.56. The summed E-state index contributed by atoms with van der Waals surface area (Å²) in [6.07, 6.45) is 0.0502. The second-order valence-corrected chi connectivity index (χ2v) is 8.56. The number of carbonyl (C=O) groups excluding carboxylic acids is 1. The number of aryl methyl sites for hydroxylation is 2. The summed E-state index contributed by atoms with van der Waals surface area (Å²) in [5, 5.41) is 0. The molecule has 2 heterocycles. The number of hydrogen-bond donors (Lipinski definition) is 0. The maximum atomic E-state index is 15.0. The molecule has 1 amide bonds. The van der Waals surface area contributed by atoms with Crippen molar-refractivity contribution in [2.75, 3.05) is 19.6 Å². The molecular weight excluding hydrogens is 389 g/mol. The SMILES string of the molecule is Cc1ccc(CN2CC[C@H](N3CC[C@@H](c4ccc(C)c(F)c4)[C@H](F)C3)C2=O)cc1F. The molecule has 4 rings (SSSR count). The summed E-state index contributed by atoms with van der Waals surface area (Å²) in [4.78, 5) is 16.6. The number of amides is 1. The topological polar surface area (TPSA) is 23.6 Å². The highest BCUT2D eigenvalue weighted by Crippen LogP contribution is 2.33. The average Bonchev–Trinajstić information content (AvgIpc) is 3.07. The fourth-order valence-electron chi connectivity index (χ4n) is 4.60. The van der Waals surface area contributed by atoms with Crippen molar-refractivity contribution in [1.82, 2.24) is 9.80 Å². The molecule has 0 saturated carbocycles. The van der Waals surface area contributed by atoms with Gasteiger partial charge in [-0.1, -0.05) is 24.3 Å². The first-order chi connectivity index (χ1) is 14.3. The first-order valence-electron chi connectivity index (χ1n) is 10.5. The third-order valence-electron chi connectivity index (χ3n) is 6.52. The summed E-state index contributed by atoms with van der Waals surface area (Å²) in [6.45, 7) is 5.12. The summed E-state index contributed by atoms with van der Waals surface area (Å²) in [5.74, 6) is -0.954. The molecule has 2 saturated heterocycles. The van der Waals surface area contributed by atoms with Crippen molar-refractivity contribution in [3.05, 3.63) is 70.3 Å². The highest BCUT2D eigenvalue weighted by atomic mass is 19.1. The minimum Gasteiger partial charge on any atom is -0.337 e. The standard InChI is InChI=1S/C24H27F3N2O/c1-15-3-5-17(11-20(15)25)13-29-10-8-23(24(29)30)28-9-7-19(22(27)14-28)18-6-4-16(2)21(26)12-18/h3-6,11-12,19,22-23H,7-10,13-14H2,1-2H3/t19-,22+,23-/m0/s1. The van der Waals surface area contributed by atoms with E-state index in [4.69, 9.17) is 0 Å². The van der Waals surface area contributed by atoms with Crippen molar-refractivity contribution in [2.24, 2.45) is 0 Å². The molecule has 0 bridgehead atoms. The van der Waals surface area contributed by atoms with Gasteiger partial charge in [-0.05, 0) is 67.6 Å². The van der Waals surface area contributed by atoms with Gasteiger partial charge in [-0.15, -0.1) is 0 Å². The molecule has 2 aromatic carbocycles. The lowest BCUT2D eigenvalue weighted by molar-refractivity contribution is -0.133. The van der Waals surface area contributed by atoms with E-state index in [9.17, 15) is 18.0 Å². The van der Waals surface area contributed by atoms with Gasteiger partial charge >= 0.3 is 0 Å². The Labute approximate surface area is 175 Å². The van der Waals surface area contributed by atoms with E-state index in [1.807, 2.05) is 11.0 Å². The zero-order chi connectivity index (χ0) is 21.4. The molecular formula is C24H27F3N2O.